The lowest BCUT2D eigenvalue weighted by Crippen LogP contribution is -2.26. The molecule has 1 rings (SSSR count). The summed E-state index contributed by atoms with van der Waals surface area (Å²) in [5, 5.41) is 3.24. The number of rotatable bonds is 7. The van der Waals surface area contributed by atoms with Crippen molar-refractivity contribution < 1.29 is 8.78 Å². The maximum absolute atomic E-state index is 12.3. The number of nitrogens with one attached hydrogen (secondary N) is 1. The molecule has 1 heterocycles. The van der Waals surface area contributed by atoms with Crippen molar-refractivity contribution in [3.63, 3.8) is 0 Å². The van der Waals surface area contributed by atoms with E-state index in [9.17, 15) is 8.78 Å². The Balaban J connectivity index is 2.56. The van der Waals surface area contributed by atoms with Gasteiger partial charge in [0.05, 0.1) is 18.4 Å². The summed E-state index contributed by atoms with van der Waals surface area (Å²) in [7, 11) is 1.58. The first-order valence-corrected chi connectivity index (χ1v) is 6.00. The summed E-state index contributed by atoms with van der Waals surface area (Å²) in [4.78, 5) is 9.72. The minimum Gasteiger partial charge on any atom is -0.353 e. The first-order valence-electron chi connectivity index (χ1n) is 6.00. The van der Waals surface area contributed by atoms with E-state index in [-0.39, 0.29) is 6.54 Å². The minimum absolute atomic E-state index is 0.336. The van der Waals surface area contributed by atoms with Crippen LogP contribution in [-0.4, -0.2) is 36.5 Å². The first kappa shape index (κ1) is 14.8. The number of anilines is 1. The van der Waals surface area contributed by atoms with Gasteiger partial charge in [-0.2, -0.15) is 0 Å². The van der Waals surface area contributed by atoms with E-state index in [1.807, 2.05) is 0 Å². The molecular formula is C12H20F2N4. The van der Waals surface area contributed by atoms with Crippen molar-refractivity contribution in [2.24, 2.45) is 5.92 Å². The Morgan fingerprint density at radius 3 is 2.67 bits per heavy atom. The summed E-state index contributed by atoms with van der Waals surface area (Å²) in [6, 6.07) is 0. The van der Waals surface area contributed by atoms with Crippen LogP contribution in [0.3, 0.4) is 0 Å². The van der Waals surface area contributed by atoms with Crippen molar-refractivity contribution in [3.8, 4) is 0 Å². The predicted molar refractivity (Wildman–Crippen MR) is 67.9 cm³/mol. The molecule has 0 unspecified atom stereocenters. The van der Waals surface area contributed by atoms with Gasteiger partial charge < -0.3 is 10.2 Å². The van der Waals surface area contributed by atoms with E-state index < -0.39 is 6.43 Å². The molecule has 0 radical (unpaired) electrons. The molecule has 1 aromatic heterocycles. The Bertz CT molecular complexity index is 358. The molecule has 0 saturated heterocycles. The average Bonchev–Trinajstić information content (AvgIpc) is 2.28. The summed E-state index contributed by atoms with van der Waals surface area (Å²) in [6.07, 6.45) is 0.765. The summed E-state index contributed by atoms with van der Waals surface area (Å²) >= 11 is 0. The molecule has 0 aliphatic heterocycles. The van der Waals surface area contributed by atoms with Gasteiger partial charge in [0.1, 0.15) is 5.82 Å². The lowest BCUT2D eigenvalue weighted by Gasteiger charge is -2.17. The first-order chi connectivity index (χ1) is 8.49. The van der Waals surface area contributed by atoms with Gasteiger partial charge in [-0.3, -0.25) is 4.98 Å². The summed E-state index contributed by atoms with van der Waals surface area (Å²) in [6.45, 7) is 5.38. The fraction of sp³-hybridized carbons (Fsp3) is 0.667. The standard InChI is InChI=1S/C12H20F2N4/c1-9(2)4-15-5-10-6-16-7-12(17-10)18(3)8-11(13)14/h6-7,9,11,15H,4-5,8H2,1-3H3. The minimum atomic E-state index is -2.38. The van der Waals surface area contributed by atoms with Crippen molar-refractivity contribution in [1.82, 2.24) is 15.3 Å². The zero-order valence-electron chi connectivity index (χ0n) is 11.0. The smallest absolute Gasteiger partial charge is 0.255 e. The molecule has 102 valence electrons. The van der Waals surface area contributed by atoms with Crippen LogP contribution in [0, 0.1) is 5.92 Å². The van der Waals surface area contributed by atoms with Crippen LogP contribution in [0.4, 0.5) is 14.6 Å². The van der Waals surface area contributed by atoms with E-state index in [2.05, 4.69) is 29.1 Å². The number of aromatic nitrogens is 2. The number of hydrogen-bond donors (Lipinski definition) is 1. The van der Waals surface area contributed by atoms with Crippen LogP contribution in [0.15, 0.2) is 12.4 Å². The molecule has 0 fully saturated rings. The molecule has 0 aliphatic rings. The highest BCUT2D eigenvalue weighted by molar-refractivity contribution is 5.35. The molecule has 0 aliphatic carbocycles. The highest BCUT2D eigenvalue weighted by Gasteiger charge is 2.10. The molecule has 0 aromatic carbocycles. The lowest BCUT2D eigenvalue weighted by atomic mass is 10.2. The summed E-state index contributed by atoms with van der Waals surface area (Å²) in [5.41, 5.74) is 0.759. The summed E-state index contributed by atoms with van der Waals surface area (Å²) < 4.78 is 24.5. The Morgan fingerprint density at radius 1 is 1.33 bits per heavy atom. The van der Waals surface area contributed by atoms with E-state index in [1.54, 1.807) is 13.2 Å². The number of alkyl halides is 2. The van der Waals surface area contributed by atoms with E-state index in [4.69, 9.17) is 0 Å². The van der Waals surface area contributed by atoms with Crippen LogP contribution in [0.5, 0.6) is 0 Å². The molecule has 0 amide bonds. The third kappa shape index (κ3) is 5.35. The van der Waals surface area contributed by atoms with Crippen molar-refractivity contribution in [2.45, 2.75) is 26.8 Å². The van der Waals surface area contributed by atoms with Gasteiger partial charge in [-0.15, -0.1) is 0 Å². The van der Waals surface area contributed by atoms with Gasteiger partial charge >= 0.3 is 0 Å². The third-order valence-electron chi connectivity index (χ3n) is 2.33. The summed E-state index contributed by atoms with van der Waals surface area (Å²) in [5.74, 6) is 1.03. The van der Waals surface area contributed by atoms with Crippen LogP contribution < -0.4 is 10.2 Å². The van der Waals surface area contributed by atoms with Crippen LogP contribution in [0.1, 0.15) is 19.5 Å². The highest BCUT2D eigenvalue weighted by Crippen LogP contribution is 2.09. The monoisotopic (exact) mass is 258 g/mol. The normalized spacial score (nSPS) is 11.3. The fourth-order valence-corrected chi connectivity index (χ4v) is 1.45. The maximum Gasteiger partial charge on any atom is 0.255 e. The van der Waals surface area contributed by atoms with Crippen molar-refractivity contribution in [1.29, 1.82) is 0 Å². The molecular weight excluding hydrogens is 238 g/mol. The van der Waals surface area contributed by atoms with Gasteiger partial charge in [-0.1, -0.05) is 13.8 Å². The molecule has 18 heavy (non-hydrogen) atoms. The second kappa shape index (κ2) is 7.20. The van der Waals surface area contributed by atoms with Gasteiger partial charge in [-0.05, 0) is 12.5 Å². The fourth-order valence-electron chi connectivity index (χ4n) is 1.45. The Kier molecular flexibility index (Phi) is 5.91. The Labute approximate surface area is 106 Å². The number of nitrogens with zero attached hydrogens (tertiary/aromatic N) is 3. The van der Waals surface area contributed by atoms with Gasteiger partial charge in [0.15, 0.2) is 0 Å². The van der Waals surface area contributed by atoms with E-state index in [0.717, 1.165) is 12.2 Å². The van der Waals surface area contributed by atoms with E-state index in [0.29, 0.717) is 18.3 Å². The number of hydrogen-bond acceptors (Lipinski definition) is 4. The molecule has 4 nitrogen and oxygen atoms in total. The maximum atomic E-state index is 12.3. The quantitative estimate of drug-likeness (QED) is 0.811. The van der Waals surface area contributed by atoms with Crippen LogP contribution in [0.2, 0.25) is 0 Å². The molecule has 0 spiro atoms. The average molecular weight is 258 g/mol. The highest BCUT2D eigenvalue weighted by atomic mass is 19.3. The molecule has 0 bridgehead atoms. The van der Waals surface area contributed by atoms with Crippen molar-refractivity contribution in [2.75, 3.05) is 25.0 Å². The Hall–Kier alpha value is -1.30. The van der Waals surface area contributed by atoms with Crippen LogP contribution >= 0.6 is 0 Å². The lowest BCUT2D eigenvalue weighted by molar-refractivity contribution is 0.156. The van der Waals surface area contributed by atoms with Gasteiger partial charge in [0.25, 0.3) is 6.43 Å². The van der Waals surface area contributed by atoms with E-state index >= 15 is 0 Å². The van der Waals surface area contributed by atoms with Crippen molar-refractivity contribution in [3.05, 3.63) is 18.1 Å². The second-order valence-electron chi connectivity index (χ2n) is 4.66. The van der Waals surface area contributed by atoms with E-state index in [1.165, 1.54) is 11.1 Å². The van der Waals surface area contributed by atoms with Gasteiger partial charge in [-0.25, -0.2) is 13.8 Å². The number of halogens is 2. The van der Waals surface area contributed by atoms with Crippen molar-refractivity contribution >= 4 is 5.82 Å². The SMILES string of the molecule is CC(C)CNCc1cncc(N(C)CC(F)F)n1. The molecule has 0 atom stereocenters. The van der Waals surface area contributed by atoms with Crippen LogP contribution in [0.25, 0.3) is 0 Å². The third-order valence-corrected chi connectivity index (χ3v) is 2.33. The van der Waals surface area contributed by atoms with Gasteiger partial charge in [0.2, 0.25) is 0 Å². The predicted octanol–water partition coefficient (Wildman–Crippen LogP) is 1.92. The Morgan fingerprint density at radius 2 is 2.06 bits per heavy atom. The zero-order valence-corrected chi connectivity index (χ0v) is 11.0. The molecule has 1 N–H and O–H groups in total. The van der Waals surface area contributed by atoms with Gasteiger partial charge in [0, 0.05) is 19.8 Å². The largest absolute Gasteiger partial charge is 0.353 e. The zero-order chi connectivity index (χ0) is 13.5. The second-order valence-corrected chi connectivity index (χ2v) is 4.66. The van der Waals surface area contributed by atoms with Crippen LogP contribution in [-0.2, 0) is 6.54 Å². The topological polar surface area (TPSA) is 41.1 Å². The molecule has 1 aromatic rings. The molecule has 0 saturated carbocycles. The molecule has 6 heteroatoms.